The van der Waals surface area contributed by atoms with Crippen molar-refractivity contribution in [3.05, 3.63) is 35.6 Å². The Morgan fingerprint density at radius 2 is 2.05 bits per heavy atom. The van der Waals surface area contributed by atoms with E-state index in [-0.39, 0.29) is 5.76 Å². The highest BCUT2D eigenvalue weighted by molar-refractivity contribution is 5.98. The van der Waals surface area contributed by atoms with E-state index in [4.69, 9.17) is 15.3 Å². The maximum absolute atomic E-state index is 12.0. The molecule has 0 saturated heterocycles. The monoisotopic (exact) mass is 290 g/mol. The predicted molar refractivity (Wildman–Crippen MR) is 73.7 cm³/mol. The molecule has 7 heteroatoms. The van der Waals surface area contributed by atoms with E-state index >= 15 is 0 Å². The molecule has 0 aliphatic carbocycles. The summed E-state index contributed by atoms with van der Waals surface area (Å²) in [5.41, 5.74) is 6.47. The molecule has 2 aromatic rings. The molecule has 0 bridgehead atoms. The van der Waals surface area contributed by atoms with Gasteiger partial charge < -0.3 is 20.6 Å². The molecule has 1 aromatic heterocycles. The number of hydrogen-bond acceptors (Lipinski definition) is 4. The number of rotatable bonds is 5. The first kappa shape index (κ1) is 14.6. The minimum atomic E-state index is -1.38. The molecule has 1 heterocycles. The lowest BCUT2D eigenvalue weighted by Gasteiger charge is -2.11. The molecule has 21 heavy (non-hydrogen) atoms. The van der Waals surface area contributed by atoms with Crippen molar-refractivity contribution in [3.8, 4) is 0 Å². The summed E-state index contributed by atoms with van der Waals surface area (Å²) in [6, 6.07) is 5.53. The number of aryl methyl sites for hydroxylation is 1. The van der Waals surface area contributed by atoms with Crippen LogP contribution in [0.15, 0.2) is 28.7 Å². The summed E-state index contributed by atoms with van der Waals surface area (Å²) in [5.74, 6) is -2.89. The number of nitrogens with one attached hydrogen (secondary N) is 1. The van der Waals surface area contributed by atoms with Gasteiger partial charge in [0.1, 0.15) is 11.6 Å². The quantitative estimate of drug-likeness (QED) is 0.751. The topological polar surface area (TPSA) is 123 Å². The summed E-state index contributed by atoms with van der Waals surface area (Å²) in [6.07, 6.45) is -0.486. The molecule has 0 radical (unpaired) electrons. The first-order chi connectivity index (χ1) is 9.86. The van der Waals surface area contributed by atoms with E-state index in [1.807, 2.05) is 19.1 Å². The lowest BCUT2D eigenvalue weighted by atomic mass is 10.2. The summed E-state index contributed by atoms with van der Waals surface area (Å²) in [6.45, 7) is 1.90. The number of fused-ring (bicyclic) bond motifs is 1. The van der Waals surface area contributed by atoms with Gasteiger partial charge in [0.25, 0.3) is 5.91 Å². The number of carboxylic acid groups (broad SMARTS) is 1. The highest BCUT2D eigenvalue weighted by Crippen LogP contribution is 2.20. The third-order valence-electron chi connectivity index (χ3n) is 2.90. The van der Waals surface area contributed by atoms with Gasteiger partial charge in [-0.15, -0.1) is 0 Å². The van der Waals surface area contributed by atoms with Gasteiger partial charge in [-0.3, -0.25) is 9.59 Å². The lowest BCUT2D eigenvalue weighted by molar-refractivity contribution is -0.140. The molecule has 2 amide bonds. The number of hydrogen-bond donors (Lipinski definition) is 3. The number of carboxylic acids is 1. The summed E-state index contributed by atoms with van der Waals surface area (Å²) >= 11 is 0. The molecule has 0 spiro atoms. The zero-order valence-corrected chi connectivity index (χ0v) is 11.3. The Labute approximate surface area is 119 Å². The van der Waals surface area contributed by atoms with Crippen LogP contribution in [-0.4, -0.2) is 28.9 Å². The van der Waals surface area contributed by atoms with E-state index in [0.29, 0.717) is 5.58 Å². The summed E-state index contributed by atoms with van der Waals surface area (Å²) in [5, 5.41) is 11.9. The Bertz CT molecular complexity index is 719. The number of nitrogens with two attached hydrogens (primary N) is 1. The van der Waals surface area contributed by atoms with Crippen LogP contribution in [0.2, 0.25) is 0 Å². The van der Waals surface area contributed by atoms with Gasteiger partial charge in [0.15, 0.2) is 5.76 Å². The normalized spacial score (nSPS) is 12.0. The van der Waals surface area contributed by atoms with Gasteiger partial charge >= 0.3 is 5.97 Å². The van der Waals surface area contributed by atoms with Crippen LogP contribution < -0.4 is 11.1 Å². The fourth-order valence-electron chi connectivity index (χ4n) is 1.91. The van der Waals surface area contributed by atoms with Crippen LogP contribution in [0.1, 0.15) is 22.5 Å². The van der Waals surface area contributed by atoms with Crippen LogP contribution in [0.4, 0.5) is 0 Å². The molecule has 0 fully saturated rings. The number of benzene rings is 1. The Morgan fingerprint density at radius 3 is 2.67 bits per heavy atom. The van der Waals surface area contributed by atoms with Crippen LogP contribution >= 0.6 is 0 Å². The third-order valence-corrected chi connectivity index (χ3v) is 2.90. The molecule has 0 saturated carbocycles. The molecule has 1 atom stereocenters. The maximum atomic E-state index is 12.0. The average Bonchev–Trinajstić information content (AvgIpc) is 2.80. The lowest BCUT2D eigenvalue weighted by Crippen LogP contribution is -2.43. The number of carbonyl (C=O) groups excluding carboxylic acids is 2. The first-order valence-electron chi connectivity index (χ1n) is 6.19. The van der Waals surface area contributed by atoms with Gasteiger partial charge in [0.05, 0.1) is 6.42 Å². The maximum Gasteiger partial charge on any atom is 0.326 e. The summed E-state index contributed by atoms with van der Waals surface area (Å²) in [7, 11) is 0. The Hall–Kier alpha value is -2.83. The number of carbonyl (C=O) groups is 3. The number of primary amides is 1. The van der Waals surface area contributed by atoms with Crippen molar-refractivity contribution < 1.29 is 23.9 Å². The van der Waals surface area contributed by atoms with Gasteiger partial charge in [-0.2, -0.15) is 0 Å². The van der Waals surface area contributed by atoms with Crippen molar-refractivity contribution in [1.29, 1.82) is 0 Å². The minimum Gasteiger partial charge on any atom is -0.480 e. The van der Waals surface area contributed by atoms with Crippen LogP contribution in [-0.2, 0) is 9.59 Å². The van der Waals surface area contributed by atoms with Crippen LogP contribution in [0.25, 0.3) is 11.0 Å². The second-order valence-corrected chi connectivity index (χ2v) is 4.69. The molecular weight excluding hydrogens is 276 g/mol. The molecule has 0 unspecified atom stereocenters. The highest BCUT2D eigenvalue weighted by Gasteiger charge is 2.24. The van der Waals surface area contributed by atoms with Gasteiger partial charge in [-0.25, -0.2) is 4.79 Å². The van der Waals surface area contributed by atoms with Crippen molar-refractivity contribution in [3.63, 3.8) is 0 Å². The van der Waals surface area contributed by atoms with Crippen LogP contribution in [0, 0.1) is 6.92 Å². The van der Waals surface area contributed by atoms with Crippen molar-refractivity contribution in [2.24, 2.45) is 5.73 Å². The van der Waals surface area contributed by atoms with Crippen molar-refractivity contribution in [2.75, 3.05) is 0 Å². The zero-order chi connectivity index (χ0) is 15.6. The molecule has 1 aromatic carbocycles. The number of furan rings is 1. The van der Waals surface area contributed by atoms with Crippen molar-refractivity contribution in [1.82, 2.24) is 5.32 Å². The SMILES string of the molecule is Cc1ccc2oc(C(=O)N[C@@H](CC(N)=O)C(=O)O)cc2c1. The summed E-state index contributed by atoms with van der Waals surface area (Å²) < 4.78 is 5.35. The van der Waals surface area contributed by atoms with E-state index in [2.05, 4.69) is 5.32 Å². The molecule has 7 nitrogen and oxygen atoms in total. The van der Waals surface area contributed by atoms with E-state index in [0.717, 1.165) is 10.9 Å². The molecule has 110 valence electrons. The fourth-order valence-corrected chi connectivity index (χ4v) is 1.91. The zero-order valence-electron chi connectivity index (χ0n) is 11.3. The average molecular weight is 290 g/mol. The third kappa shape index (κ3) is 3.38. The Balaban J connectivity index is 2.20. The minimum absolute atomic E-state index is 0.0219. The standard InChI is InChI=1S/C14H14N2O5/c1-7-2-3-10-8(4-7)5-11(21-10)13(18)16-9(14(19)20)6-12(15)17/h2-5,9H,6H2,1H3,(H2,15,17)(H,16,18)(H,19,20)/t9-/m0/s1. The van der Waals surface area contributed by atoms with E-state index in [9.17, 15) is 14.4 Å². The van der Waals surface area contributed by atoms with Gasteiger partial charge in [0, 0.05) is 5.39 Å². The van der Waals surface area contributed by atoms with E-state index in [1.165, 1.54) is 6.07 Å². The Kier molecular flexibility index (Phi) is 3.93. The smallest absolute Gasteiger partial charge is 0.326 e. The van der Waals surface area contributed by atoms with Crippen molar-refractivity contribution in [2.45, 2.75) is 19.4 Å². The second kappa shape index (κ2) is 5.66. The van der Waals surface area contributed by atoms with Gasteiger partial charge in [0.2, 0.25) is 5.91 Å². The van der Waals surface area contributed by atoms with Gasteiger partial charge in [-0.05, 0) is 25.1 Å². The largest absolute Gasteiger partial charge is 0.480 e. The van der Waals surface area contributed by atoms with E-state index < -0.39 is 30.2 Å². The molecule has 2 rings (SSSR count). The fraction of sp³-hybridized carbons (Fsp3) is 0.214. The van der Waals surface area contributed by atoms with Crippen molar-refractivity contribution >= 4 is 28.8 Å². The second-order valence-electron chi connectivity index (χ2n) is 4.69. The van der Waals surface area contributed by atoms with Crippen LogP contribution in [0.5, 0.6) is 0 Å². The molecule has 0 aliphatic rings. The number of amides is 2. The Morgan fingerprint density at radius 1 is 1.33 bits per heavy atom. The van der Waals surface area contributed by atoms with Gasteiger partial charge in [-0.1, -0.05) is 11.6 Å². The highest BCUT2D eigenvalue weighted by atomic mass is 16.4. The number of aliphatic carboxylic acids is 1. The molecular formula is C14H14N2O5. The molecule has 4 N–H and O–H groups in total. The van der Waals surface area contributed by atoms with Crippen LogP contribution in [0.3, 0.4) is 0 Å². The first-order valence-corrected chi connectivity index (χ1v) is 6.19. The van der Waals surface area contributed by atoms with E-state index in [1.54, 1.807) is 6.07 Å². The summed E-state index contributed by atoms with van der Waals surface area (Å²) in [4.78, 5) is 33.7. The predicted octanol–water partition coefficient (Wildman–Crippen LogP) is 0.800. The molecule has 0 aliphatic heterocycles.